The fraction of sp³-hybridized carbons (Fsp3) is 0.267. The second-order valence-corrected chi connectivity index (χ2v) is 8.75. The van der Waals surface area contributed by atoms with Crippen LogP contribution in [0.25, 0.3) is 11.3 Å². The first-order chi connectivity index (χ1) is 16.2. The predicted molar refractivity (Wildman–Crippen MR) is 141 cm³/mol. The van der Waals surface area contributed by atoms with E-state index < -0.39 is 0 Å². The van der Waals surface area contributed by atoms with Gasteiger partial charge in [0.2, 0.25) is 0 Å². The number of piperazine rings is 1. The highest BCUT2D eigenvalue weighted by Crippen LogP contribution is 2.24. The second kappa shape index (κ2) is 11.6. The molecule has 1 saturated heterocycles. The third kappa shape index (κ3) is 6.44. The lowest BCUT2D eigenvalue weighted by molar-refractivity contribution is 0.147. The van der Waals surface area contributed by atoms with E-state index in [0.29, 0.717) is 0 Å². The molecule has 3 heteroatoms. The van der Waals surface area contributed by atoms with Gasteiger partial charge in [-0.3, -0.25) is 4.90 Å². The van der Waals surface area contributed by atoms with E-state index in [1.807, 2.05) is 0 Å². The van der Waals surface area contributed by atoms with E-state index >= 15 is 0 Å². The van der Waals surface area contributed by atoms with Crippen molar-refractivity contribution in [3.63, 3.8) is 0 Å². The Balaban J connectivity index is 1.57. The number of rotatable bonds is 9. The molecule has 0 spiro atoms. The molecule has 0 radical (unpaired) electrons. The van der Waals surface area contributed by atoms with Gasteiger partial charge in [0.05, 0.1) is 0 Å². The monoisotopic (exact) mass is 437 g/mol. The summed E-state index contributed by atoms with van der Waals surface area (Å²) in [7, 11) is 2.21. The maximum Gasteiger partial charge on any atom is 0.0370 e. The Morgan fingerprint density at radius 1 is 0.758 bits per heavy atom. The van der Waals surface area contributed by atoms with Crippen LogP contribution in [-0.2, 0) is 0 Å². The molecule has 1 fully saturated rings. The summed E-state index contributed by atoms with van der Waals surface area (Å²) >= 11 is 0. The van der Waals surface area contributed by atoms with Gasteiger partial charge < -0.3 is 9.80 Å². The van der Waals surface area contributed by atoms with Gasteiger partial charge in [-0.2, -0.15) is 0 Å². The van der Waals surface area contributed by atoms with Crippen molar-refractivity contribution in [2.45, 2.75) is 0 Å². The van der Waals surface area contributed by atoms with Crippen molar-refractivity contribution in [1.82, 2.24) is 14.7 Å². The molecule has 3 aromatic carbocycles. The Morgan fingerprint density at radius 2 is 1.24 bits per heavy atom. The summed E-state index contributed by atoms with van der Waals surface area (Å²) < 4.78 is 0. The van der Waals surface area contributed by atoms with Crippen LogP contribution < -0.4 is 0 Å². The van der Waals surface area contributed by atoms with E-state index in [4.69, 9.17) is 0 Å². The molecule has 1 heterocycles. The molecule has 0 aliphatic carbocycles. The Bertz CT molecular complexity index is 978. The van der Waals surface area contributed by atoms with Crippen molar-refractivity contribution in [3.8, 4) is 0 Å². The number of likely N-dealkylation sites (N-methyl/N-ethyl adjacent to an activating group) is 1. The maximum atomic E-state index is 4.49. The van der Waals surface area contributed by atoms with Crippen LogP contribution in [-0.4, -0.2) is 67.6 Å². The number of hydrogen-bond acceptors (Lipinski definition) is 3. The van der Waals surface area contributed by atoms with Crippen molar-refractivity contribution in [1.29, 1.82) is 0 Å². The van der Waals surface area contributed by atoms with E-state index in [9.17, 15) is 0 Å². The summed E-state index contributed by atoms with van der Waals surface area (Å²) in [5.41, 5.74) is 6.02. The van der Waals surface area contributed by atoms with Gasteiger partial charge in [-0.1, -0.05) is 104 Å². The third-order valence-electron chi connectivity index (χ3n) is 6.46. The Labute approximate surface area is 199 Å². The van der Waals surface area contributed by atoms with Crippen molar-refractivity contribution in [3.05, 3.63) is 120 Å². The molecule has 0 saturated carbocycles. The van der Waals surface area contributed by atoms with Crippen LogP contribution in [0, 0.1) is 0 Å². The van der Waals surface area contributed by atoms with E-state index in [1.54, 1.807) is 0 Å². The molecule has 3 aromatic rings. The quantitative estimate of drug-likeness (QED) is 0.447. The van der Waals surface area contributed by atoms with Crippen LogP contribution in [0.15, 0.2) is 104 Å². The van der Waals surface area contributed by atoms with Crippen LogP contribution in [0.3, 0.4) is 0 Å². The molecule has 33 heavy (non-hydrogen) atoms. The van der Waals surface area contributed by atoms with Gasteiger partial charge in [0.15, 0.2) is 0 Å². The Kier molecular flexibility index (Phi) is 8.13. The van der Waals surface area contributed by atoms with Gasteiger partial charge in [-0.15, -0.1) is 0 Å². The minimum atomic E-state index is 0.820. The van der Waals surface area contributed by atoms with Crippen LogP contribution in [0.1, 0.15) is 16.7 Å². The third-order valence-corrected chi connectivity index (χ3v) is 6.46. The first-order valence-corrected chi connectivity index (χ1v) is 11.9. The summed E-state index contributed by atoms with van der Waals surface area (Å²) in [6, 6.07) is 31.9. The van der Waals surface area contributed by atoms with E-state index in [1.165, 1.54) is 22.3 Å². The average Bonchev–Trinajstić information content (AvgIpc) is 2.88. The van der Waals surface area contributed by atoms with E-state index in [0.717, 1.165) is 51.5 Å². The zero-order valence-corrected chi connectivity index (χ0v) is 19.7. The largest absolute Gasteiger partial charge is 0.366 e. The molecular formula is C30H35N3. The summed E-state index contributed by atoms with van der Waals surface area (Å²) in [4.78, 5) is 7.41. The summed E-state index contributed by atoms with van der Waals surface area (Å²) in [5, 5.41) is 0. The maximum absolute atomic E-state index is 4.49. The SMILES string of the molecule is C=C(c1ccccc1)N(CC=C(c1ccccc1)c1ccccc1)CCN1CCN(C)CC1. The van der Waals surface area contributed by atoms with Gasteiger partial charge in [-0.05, 0) is 29.3 Å². The molecule has 0 atom stereocenters. The average molecular weight is 438 g/mol. The first-order valence-electron chi connectivity index (χ1n) is 11.9. The van der Waals surface area contributed by atoms with Crippen molar-refractivity contribution in [2.24, 2.45) is 0 Å². The first kappa shape index (κ1) is 23.0. The topological polar surface area (TPSA) is 9.72 Å². The lowest BCUT2D eigenvalue weighted by Gasteiger charge is -2.35. The molecule has 1 aliphatic heterocycles. The molecular weight excluding hydrogens is 402 g/mol. The highest BCUT2D eigenvalue weighted by Gasteiger charge is 2.16. The van der Waals surface area contributed by atoms with Crippen LogP contribution >= 0.6 is 0 Å². The summed E-state index contributed by atoms with van der Waals surface area (Å²) in [5.74, 6) is 0. The van der Waals surface area contributed by atoms with Crippen molar-refractivity contribution in [2.75, 3.05) is 52.9 Å². The van der Waals surface area contributed by atoms with Gasteiger partial charge >= 0.3 is 0 Å². The van der Waals surface area contributed by atoms with Gasteiger partial charge in [0.1, 0.15) is 0 Å². The van der Waals surface area contributed by atoms with E-state index in [-0.39, 0.29) is 0 Å². The van der Waals surface area contributed by atoms with Crippen LogP contribution in [0.5, 0.6) is 0 Å². The van der Waals surface area contributed by atoms with Gasteiger partial charge in [0, 0.05) is 51.5 Å². The minimum Gasteiger partial charge on any atom is -0.366 e. The zero-order chi connectivity index (χ0) is 22.9. The molecule has 0 N–H and O–H groups in total. The second-order valence-electron chi connectivity index (χ2n) is 8.75. The van der Waals surface area contributed by atoms with Crippen LogP contribution in [0.4, 0.5) is 0 Å². The predicted octanol–water partition coefficient (Wildman–Crippen LogP) is 5.34. The normalized spacial score (nSPS) is 14.6. The molecule has 0 bridgehead atoms. The fourth-order valence-electron chi connectivity index (χ4n) is 4.32. The minimum absolute atomic E-state index is 0.820. The Morgan fingerprint density at radius 3 is 1.76 bits per heavy atom. The lowest BCUT2D eigenvalue weighted by Crippen LogP contribution is -2.46. The van der Waals surface area contributed by atoms with Crippen molar-refractivity contribution >= 4 is 11.3 Å². The van der Waals surface area contributed by atoms with Crippen molar-refractivity contribution < 1.29 is 0 Å². The molecule has 170 valence electrons. The highest BCUT2D eigenvalue weighted by molar-refractivity contribution is 5.80. The number of benzene rings is 3. The fourth-order valence-corrected chi connectivity index (χ4v) is 4.32. The highest BCUT2D eigenvalue weighted by atomic mass is 15.3. The molecule has 4 rings (SSSR count). The van der Waals surface area contributed by atoms with Gasteiger partial charge in [-0.25, -0.2) is 0 Å². The Hall–Kier alpha value is -3.14. The number of nitrogens with zero attached hydrogens (tertiary/aromatic N) is 3. The summed E-state index contributed by atoms with van der Waals surface area (Å²) in [6.45, 7) is 11.9. The standard InChI is InChI=1S/C30H35N3/c1-26(27-12-6-3-7-13-27)33(25-24-32-22-20-31(2)21-23-32)19-18-30(28-14-8-4-9-15-28)29-16-10-5-11-17-29/h3-18H,1,19-25H2,2H3. The molecule has 0 aromatic heterocycles. The molecule has 3 nitrogen and oxygen atoms in total. The number of hydrogen-bond donors (Lipinski definition) is 0. The van der Waals surface area contributed by atoms with Gasteiger partial charge in [0.25, 0.3) is 0 Å². The summed E-state index contributed by atoms with van der Waals surface area (Å²) in [6.07, 6.45) is 2.36. The zero-order valence-electron chi connectivity index (χ0n) is 19.7. The smallest absolute Gasteiger partial charge is 0.0370 e. The molecule has 0 unspecified atom stereocenters. The lowest BCUT2D eigenvalue weighted by atomic mass is 9.97. The van der Waals surface area contributed by atoms with Crippen LogP contribution in [0.2, 0.25) is 0 Å². The van der Waals surface area contributed by atoms with E-state index in [2.05, 4.69) is 125 Å². The molecule has 0 amide bonds. The molecule has 1 aliphatic rings.